The first kappa shape index (κ1) is 11.8. The van der Waals surface area contributed by atoms with Gasteiger partial charge in [-0.15, -0.1) is 0 Å². The molecule has 0 aromatic heterocycles. The summed E-state index contributed by atoms with van der Waals surface area (Å²) in [6, 6.07) is -0.396. The zero-order valence-electron chi connectivity index (χ0n) is 8.48. The lowest BCUT2D eigenvalue weighted by atomic mass is 10.2. The van der Waals surface area contributed by atoms with Crippen LogP contribution >= 0.6 is 11.8 Å². The average molecular weight is 218 g/mol. The Kier molecular flexibility index (Phi) is 4.71. The van der Waals surface area contributed by atoms with Crippen molar-refractivity contribution >= 4 is 17.7 Å². The molecule has 3 N–H and O–H groups in total. The van der Waals surface area contributed by atoms with Crippen LogP contribution in [-0.2, 0) is 4.79 Å². The maximum absolute atomic E-state index is 11.7. The predicted octanol–water partition coefficient (Wildman–Crippen LogP) is -0.340. The molecular formula is C9H18N2O2S. The summed E-state index contributed by atoms with van der Waals surface area (Å²) in [6.45, 7) is 1.10. The van der Waals surface area contributed by atoms with Crippen LogP contribution in [0.5, 0.6) is 0 Å². The van der Waals surface area contributed by atoms with Crippen LogP contribution in [0.3, 0.4) is 0 Å². The van der Waals surface area contributed by atoms with Gasteiger partial charge in [0, 0.05) is 13.1 Å². The molecule has 5 heteroatoms. The summed E-state index contributed by atoms with van der Waals surface area (Å²) in [4.78, 5) is 13.3. The third-order valence-corrected chi connectivity index (χ3v) is 3.07. The van der Waals surface area contributed by atoms with E-state index < -0.39 is 6.04 Å². The lowest BCUT2D eigenvalue weighted by Gasteiger charge is -2.19. The van der Waals surface area contributed by atoms with Crippen molar-refractivity contribution in [1.29, 1.82) is 0 Å². The van der Waals surface area contributed by atoms with Gasteiger partial charge in [-0.05, 0) is 24.9 Å². The highest BCUT2D eigenvalue weighted by Crippen LogP contribution is 2.11. The van der Waals surface area contributed by atoms with Gasteiger partial charge in [0.05, 0.1) is 12.1 Å². The predicted molar refractivity (Wildman–Crippen MR) is 58.2 cm³/mol. The van der Waals surface area contributed by atoms with E-state index in [1.807, 2.05) is 6.26 Å². The fourth-order valence-electron chi connectivity index (χ4n) is 1.54. The highest BCUT2D eigenvalue weighted by molar-refractivity contribution is 7.98. The number of hydrogen-bond donors (Lipinski definition) is 2. The maximum Gasteiger partial charge on any atom is 0.239 e. The Morgan fingerprint density at radius 3 is 3.00 bits per heavy atom. The Balaban J connectivity index is 2.32. The molecule has 0 unspecified atom stereocenters. The van der Waals surface area contributed by atoms with E-state index in [-0.39, 0.29) is 12.0 Å². The lowest BCUT2D eigenvalue weighted by Crippen LogP contribution is -2.43. The zero-order valence-corrected chi connectivity index (χ0v) is 9.30. The fraction of sp³-hybridized carbons (Fsp3) is 0.889. The minimum absolute atomic E-state index is 0.0180. The number of carbonyl (C=O) groups is 1. The third-order valence-electron chi connectivity index (χ3n) is 2.43. The number of aliphatic hydroxyl groups excluding tert-OH is 1. The van der Waals surface area contributed by atoms with Gasteiger partial charge in [-0.3, -0.25) is 4.79 Å². The Hall–Kier alpha value is -0.260. The monoisotopic (exact) mass is 218 g/mol. The number of likely N-dealkylation sites (tertiary alicyclic amines) is 1. The summed E-state index contributed by atoms with van der Waals surface area (Å²) in [7, 11) is 0. The van der Waals surface area contributed by atoms with Gasteiger partial charge in [0.1, 0.15) is 0 Å². The number of hydrogen-bond acceptors (Lipinski definition) is 4. The molecule has 4 nitrogen and oxygen atoms in total. The second-order valence-electron chi connectivity index (χ2n) is 3.61. The van der Waals surface area contributed by atoms with Crippen LogP contribution in [0.15, 0.2) is 0 Å². The summed E-state index contributed by atoms with van der Waals surface area (Å²) >= 11 is 1.69. The number of nitrogens with two attached hydrogens (primary N) is 1. The molecule has 14 heavy (non-hydrogen) atoms. The molecule has 0 aromatic carbocycles. The maximum atomic E-state index is 11.7. The number of nitrogens with zero attached hydrogens (tertiary/aromatic N) is 1. The van der Waals surface area contributed by atoms with Gasteiger partial charge in [-0.1, -0.05) is 0 Å². The molecular weight excluding hydrogens is 200 g/mol. The lowest BCUT2D eigenvalue weighted by molar-refractivity contribution is -0.131. The van der Waals surface area contributed by atoms with Crippen LogP contribution in [0.1, 0.15) is 12.8 Å². The van der Waals surface area contributed by atoms with Crippen LogP contribution in [0.2, 0.25) is 0 Å². The van der Waals surface area contributed by atoms with Crippen LogP contribution in [0.25, 0.3) is 0 Å². The number of rotatable bonds is 4. The minimum Gasteiger partial charge on any atom is -0.391 e. The van der Waals surface area contributed by atoms with E-state index in [1.54, 1.807) is 16.7 Å². The second-order valence-corrected chi connectivity index (χ2v) is 4.60. The topological polar surface area (TPSA) is 66.6 Å². The van der Waals surface area contributed by atoms with Crippen LogP contribution in [-0.4, -0.2) is 53.2 Å². The number of thioether (sulfide) groups is 1. The highest BCUT2D eigenvalue weighted by Gasteiger charge is 2.27. The molecule has 1 aliphatic heterocycles. The van der Waals surface area contributed by atoms with Crippen molar-refractivity contribution in [3.05, 3.63) is 0 Å². The van der Waals surface area contributed by atoms with Crippen molar-refractivity contribution in [2.75, 3.05) is 25.1 Å². The molecule has 1 aliphatic rings. The highest BCUT2D eigenvalue weighted by atomic mass is 32.2. The molecule has 1 amide bonds. The Morgan fingerprint density at radius 2 is 2.50 bits per heavy atom. The number of amides is 1. The van der Waals surface area contributed by atoms with Gasteiger partial charge in [0.15, 0.2) is 0 Å². The average Bonchev–Trinajstić information content (AvgIpc) is 2.60. The quantitative estimate of drug-likeness (QED) is 0.677. The zero-order chi connectivity index (χ0) is 10.6. The third kappa shape index (κ3) is 3.15. The molecule has 1 fully saturated rings. The van der Waals surface area contributed by atoms with Crippen molar-refractivity contribution < 1.29 is 9.90 Å². The van der Waals surface area contributed by atoms with Crippen LogP contribution in [0, 0.1) is 0 Å². The number of aliphatic hydroxyl groups is 1. The van der Waals surface area contributed by atoms with Gasteiger partial charge in [-0.25, -0.2) is 0 Å². The molecule has 0 aromatic rings. The summed E-state index contributed by atoms with van der Waals surface area (Å²) in [5.74, 6) is 0.888. The summed E-state index contributed by atoms with van der Waals surface area (Å²) < 4.78 is 0. The van der Waals surface area contributed by atoms with E-state index in [0.717, 1.165) is 5.75 Å². The van der Waals surface area contributed by atoms with E-state index in [2.05, 4.69) is 0 Å². The van der Waals surface area contributed by atoms with E-state index in [4.69, 9.17) is 5.73 Å². The minimum atomic E-state index is -0.396. The Bertz CT molecular complexity index is 201. The second kappa shape index (κ2) is 5.58. The molecule has 0 radical (unpaired) electrons. The molecule has 2 atom stereocenters. The first-order chi connectivity index (χ1) is 6.65. The smallest absolute Gasteiger partial charge is 0.239 e. The normalized spacial score (nSPS) is 23.9. The van der Waals surface area contributed by atoms with Crippen molar-refractivity contribution in [1.82, 2.24) is 4.90 Å². The first-order valence-electron chi connectivity index (χ1n) is 4.86. The van der Waals surface area contributed by atoms with E-state index in [1.165, 1.54) is 0 Å². The van der Waals surface area contributed by atoms with Crippen LogP contribution < -0.4 is 5.73 Å². The molecule has 0 bridgehead atoms. The van der Waals surface area contributed by atoms with E-state index in [9.17, 15) is 9.90 Å². The van der Waals surface area contributed by atoms with Crippen molar-refractivity contribution in [2.24, 2.45) is 5.73 Å². The molecule has 1 saturated heterocycles. The van der Waals surface area contributed by atoms with Gasteiger partial charge in [0.25, 0.3) is 0 Å². The first-order valence-corrected chi connectivity index (χ1v) is 6.26. The van der Waals surface area contributed by atoms with Crippen molar-refractivity contribution in [3.8, 4) is 0 Å². The summed E-state index contributed by atoms with van der Waals surface area (Å²) in [5, 5.41) is 9.27. The molecule has 0 saturated carbocycles. The summed E-state index contributed by atoms with van der Waals surface area (Å²) in [5.41, 5.74) is 5.74. The van der Waals surface area contributed by atoms with Gasteiger partial charge in [0.2, 0.25) is 5.91 Å². The van der Waals surface area contributed by atoms with Gasteiger partial charge < -0.3 is 15.7 Å². The molecule has 1 heterocycles. The number of carbonyl (C=O) groups excluding carboxylic acids is 1. The fourth-order valence-corrected chi connectivity index (χ4v) is 2.03. The Labute approximate surface area is 88.8 Å². The molecule has 0 spiro atoms. The van der Waals surface area contributed by atoms with E-state index in [0.29, 0.717) is 25.9 Å². The van der Waals surface area contributed by atoms with Crippen molar-refractivity contribution in [2.45, 2.75) is 25.0 Å². The largest absolute Gasteiger partial charge is 0.391 e. The summed E-state index contributed by atoms with van der Waals surface area (Å²) in [6.07, 6.45) is 3.04. The van der Waals surface area contributed by atoms with Crippen LogP contribution in [0.4, 0.5) is 0 Å². The standard InChI is InChI=1S/C9H18N2O2S/c1-14-5-3-8(10)9(13)11-4-2-7(12)6-11/h7-8,12H,2-6,10H2,1H3/t7-,8+/m0/s1. The van der Waals surface area contributed by atoms with Crippen molar-refractivity contribution in [3.63, 3.8) is 0 Å². The molecule has 1 rings (SSSR count). The van der Waals surface area contributed by atoms with Gasteiger partial charge >= 0.3 is 0 Å². The van der Waals surface area contributed by atoms with Gasteiger partial charge in [-0.2, -0.15) is 11.8 Å². The molecule has 0 aliphatic carbocycles. The van der Waals surface area contributed by atoms with E-state index >= 15 is 0 Å². The Morgan fingerprint density at radius 1 is 1.79 bits per heavy atom. The SMILES string of the molecule is CSCC[C@@H](N)C(=O)N1CC[C@H](O)C1. The number of β-amino-alcohol motifs (C(OH)–C–C–N with tert-alkyl or cyclic N) is 1. The molecule has 82 valence electrons.